The molecule has 0 bridgehead atoms. The fourth-order valence-electron chi connectivity index (χ4n) is 1.84. The fraction of sp³-hybridized carbons (Fsp3) is 0.500. The maximum atomic E-state index is 11.7. The normalized spacial score (nSPS) is 19.4. The molecular formula is C12H15NO5. The van der Waals surface area contributed by atoms with Gasteiger partial charge in [0.2, 0.25) is 5.76 Å². The van der Waals surface area contributed by atoms with E-state index in [4.69, 9.17) is 14.3 Å². The van der Waals surface area contributed by atoms with Crippen molar-refractivity contribution in [1.29, 1.82) is 0 Å². The number of ether oxygens (including phenoxy) is 1. The first-order valence-corrected chi connectivity index (χ1v) is 5.90. The Morgan fingerprint density at radius 3 is 2.72 bits per heavy atom. The van der Waals surface area contributed by atoms with Gasteiger partial charge in [-0.1, -0.05) is 0 Å². The Morgan fingerprint density at radius 1 is 1.33 bits per heavy atom. The number of hydrogen-bond donors (Lipinski definition) is 2. The summed E-state index contributed by atoms with van der Waals surface area (Å²) in [6, 6.07) is 2.61. The highest BCUT2D eigenvalue weighted by atomic mass is 16.5. The number of rotatable bonds is 4. The van der Waals surface area contributed by atoms with Crippen molar-refractivity contribution in [3.63, 3.8) is 0 Å². The van der Waals surface area contributed by atoms with Crippen LogP contribution in [0.1, 0.15) is 40.4 Å². The van der Waals surface area contributed by atoms with Crippen molar-refractivity contribution in [2.24, 2.45) is 0 Å². The van der Waals surface area contributed by atoms with Gasteiger partial charge < -0.3 is 19.6 Å². The zero-order chi connectivity index (χ0) is 13.0. The number of furan rings is 1. The molecule has 98 valence electrons. The van der Waals surface area contributed by atoms with Gasteiger partial charge in [-0.25, -0.2) is 4.79 Å². The molecule has 6 heteroatoms. The largest absolute Gasteiger partial charge is 0.475 e. The molecule has 18 heavy (non-hydrogen) atoms. The lowest BCUT2D eigenvalue weighted by atomic mass is 10.1. The van der Waals surface area contributed by atoms with E-state index >= 15 is 0 Å². The van der Waals surface area contributed by atoms with Crippen molar-refractivity contribution in [3.8, 4) is 0 Å². The van der Waals surface area contributed by atoms with Crippen LogP contribution in [0.3, 0.4) is 0 Å². The van der Waals surface area contributed by atoms with E-state index in [9.17, 15) is 9.59 Å². The number of amides is 1. The van der Waals surface area contributed by atoms with Gasteiger partial charge in [-0.3, -0.25) is 4.79 Å². The van der Waals surface area contributed by atoms with Crippen LogP contribution in [0.15, 0.2) is 16.5 Å². The summed E-state index contributed by atoms with van der Waals surface area (Å²) in [6.45, 7) is 1.15. The molecule has 1 unspecified atom stereocenters. The predicted octanol–water partition coefficient (Wildman–Crippen LogP) is 1.28. The lowest BCUT2D eigenvalue weighted by Gasteiger charge is -2.22. The van der Waals surface area contributed by atoms with Crippen LogP contribution in [0, 0.1) is 0 Å². The molecule has 1 saturated heterocycles. The summed E-state index contributed by atoms with van der Waals surface area (Å²) >= 11 is 0. The number of hydrogen-bond acceptors (Lipinski definition) is 4. The summed E-state index contributed by atoms with van der Waals surface area (Å²) < 4.78 is 10.4. The standard InChI is InChI=1S/C12H15NO5/c14-11(9-4-5-10(18-9)12(15)16)13-7-8-3-1-2-6-17-8/h4-5,8H,1-3,6-7H2,(H,13,14)(H,15,16). The van der Waals surface area contributed by atoms with Gasteiger partial charge in [0.1, 0.15) is 0 Å². The van der Waals surface area contributed by atoms with E-state index in [1.54, 1.807) is 0 Å². The molecule has 2 N–H and O–H groups in total. The van der Waals surface area contributed by atoms with Crippen molar-refractivity contribution >= 4 is 11.9 Å². The van der Waals surface area contributed by atoms with E-state index in [0.717, 1.165) is 25.9 Å². The van der Waals surface area contributed by atoms with Crippen molar-refractivity contribution in [3.05, 3.63) is 23.7 Å². The monoisotopic (exact) mass is 253 g/mol. The Hall–Kier alpha value is -1.82. The maximum Gasteiger partial charge on any atom is 0.371 e. The van der Waals surface area contributed by atoms with Gasteiger partial charge >= 0.3 is 5.97 Å². The van der Waals surface area contributed by atoms with E-state index in [-0.39, 0.29) is 17.6 Å². The molecule has 6 nitrogen and oxygen atoms in total. The Kier molecular flexibility index (Phi) is 3.99. The summed E-state index contributed by atoms with van der Waals surface area (Å²) in [6.07, 6.45) is 3.13. The first-order chi connectivity index (χ1) is 8.66. The van der Waals surface area contributed by atoms with Crippen molar-refractivity contribution in [1.82, 2.24) is 5.32 Å². The second-order valence-electron chi connectivity index (χ2n) is 4.17. The third-order valence-electron chi connectivity index (χ3n) is 2.80. The zero-order valence-corrected chi connectivity index (χ0v) is 9.85. The molecule has 0 aliphatic carbocycles. The highest BCUT2D eigenvalue weighted by Crippen LogP contribution is 2.12. The molecule has 1 atom stereocenters. The zero-order valence-electron chi connectivity index (χ0n) is 9.85. The molecule has 1 aromatic rings. The Morgan fingerprint density at radius 2 is 2.11 bits per heavy atom. The number of nitrogens with one attached hydrogen (secondary N) is 1. The van der Waals surface area contributed by atoms with Crippen LogP contribution in [0.4, 0.5) is 0 Å². The minimum atomic E-state index is -1.19. The number of carboxylic acid groups (broad SMARTS) is 1. The molecule has 0 aromatic carbocycles. The van der Waals surface area contributed by atoms with Crippen molar-refractivity contribution < 1.29 is 23.8 Å². The smallest absolute Gasteiger partial charge is 0.371 e. The second kappa shape index (κ2) is 5.68. The highest BCUT2D eigenvalue weighted by Gasteiger charge is 2.18. The number of carboxylic acids is 1. The molecular weight excluding hydrogens is 238 g/mol. The summed E-state index contributed by atoms with van der Waals surface area (Å²) in [5, 5.41) is 11.3. The van der Waals surface area contributed by atoms with Crippen LogP contribution < -0.4 is 5.32 Å². The average molecular weight is 253 g/mol. The van der Waals surface area contributed by atoms with Gasteiger partial charge in [-0.2, -0.15) is 0 Å². The van der Waals surface area contributed by atoms with Gasteiger partial charge in [0, 0.05) is 13.2 Å². The van der Waals surface area contributed by atoms with E-state index in [1.807, 2.05) is 0 Å². The van der Waals surface area contributed by atoms with Gasteiger partial charge in [-0.15, -0.1) is 0 Å². The highest BCUT2D eigenvalue weighted by molar-refractivity contribution is 5.93. The number of carbonyl (C=O) groups is 2. The van der Waals surface area contributed by atoms with Gasteiger partial charge in [-0.05, 0) is 31.4 Å². The Bertz CT molecular complexity index is 433. The van der Waals surface area contributed by atoms with Crippen LogP contribution in [-0.4, -0.2) is 36.2 Å². The quantitative estimate of drug-likeness (QED) is 0.843. The minimum Gasteiger partial charge on any atom is -0.475 e. The molecule has 0 saturated carbocycles. The molecule has 1 aliphatic heterocycles. The van der Waals surface area contributed by atoms with Crippen LogP contribution in [0.2, 0.25) is 0 Å². The predicted molar refractivity (Wildman–Crippen MR) is 61.6 cm³/mol. The van der Waals surface area contributed by atoms with Crippen LogP contribution in [0.5, 0.6) is 0 Å². The molecule has 0 radical (unpaired) electrons. The molecule has 0 spiro atoms. The van der Waals surface area contributed by atoms with Crippen LogP contribution >= 0.6 is 0 Å². The molecule has 1 fully saturated rings. The number of carbonyl (C=O) groups excluding carboxylic acids is 1. The summed E-state index contributed by atoms with van der Waals surface area (Å²) in [7, 11) is 0. The minimum absolute atomic E-state index is 0.00297. The first-order valence-electron chi connectivity index (χ1n) is 5.90. The Balaban J connectivity index is 1.84. The maximum absolute atomic E-state index is 11.7. The van der Waals surface area contributed by atoms with Gasteiger partial charge in [0.15, 0.2) is 5.76 Å². The van der Waals surface area contributed by atoms with E-state index in [1.165, 1.54) is 12.1 Å². The fourth-order valence-corrected chi connectivity index (χ4v) is 1.84. The van der Waals surface area contributed by atoms with Gasteiger partial charge in [0.05, 0.1) is 6.10 Å². The topological polar surface area (TPSA) is 88.8 Å². The van der Waals surface area contributed by atoms with Crippen molar-refractivity contribution in [2.45, 2.75) is 25.4 Å². The third kappa shape index (κ3) is 3.10. The lowest BCUT2D eigenvalue weighted by molar-refractivity contribution is 0.0167. The number of aromatic carboxylic acids is 1. The molecule has 2 rings (SSSR count). The first kappa shape index (κ1) is 12.6. The molecule has 1 aromatic heterocycles. The lowest BCUT2D eigenvalue weighted by Crippen LogP contribution is -2.35. The van der Waals surface area contributed by atoms with Crippen LogP contribution in [0.25, 0.3) is 0 Å². The summed E-state index contributed by atoms with van der Waals surface area (Å²) in [5.41, 5.74) is 0. The van der Waals surface area contributed by atoms with E-state index < -0.39 is 11.9 Å². The SMILES string of the molecule is O=C(O)c1ccc(C(=O)NCC2CCCCO2)o1. The summed E-state index contributed by atoms with van der Waals surface area (Å²) in [5.74, 6) is -1.85. The average Bonchev–Trinajstić information content (AvgIpc) is 2.87. The third-order valence-corrected chi connectivity index (χ3v) is 2.80. The van der Waals surface area contributed by atoms with E-state index in [0.29, 0.717) is 6.54 Å². The Labute approximate surface area is 104 Å². The molecule has 2 heterocycles. The van der Waals surface area contributed by atoms with Gasteiger partial charge in [0.25, 0.3) is 5.91 Å². The second-order valence-corrected chi connectivity index (χ2v) is 4.17. The molecule has 1 amide bonds. The van der Waals surface area contributed by atoms with Crippen molar-refractivity contribution in [2.75, 3.05) is 13.2 Å². The summed E-state index contributed by atoms with van der Waals surface area (Å²) in [4.78, 5) is 22.3. The molecule has 1 aliphatic rings. The van der Waals surface area contributed by atoms with E-state index in [2.05, 4.69) is 5.32 Å². The van der Waals surface area contributed by atoms with Crippen LogP contribution in [-0.2, 0) is 4.74 Å².